The topological polar surface area (TPSA) is 46.5 Å². The summed E-state index contributed by atoms with van der Waals surface area (Å²) in [6, 6.07) is 10.6. The maximum atomic E-state index is 10.7. The second-order valence-electron chi connectivity index (χ2n) is 5.06. The molecule has 6 heteroatoms. The first-order valence-corrected chi connectivity index (χ1v) is 9.32. The average molecular weight is 395 g/mol. The molecular weight excluding hydrogens is 379 g/mol. The molecule has 2 aromatic rings. The SMILES string of the molecule is CCCSc1ccc(Cl)c(C#Cc2cc(Cl)ccc2OCC(=O)O)c1. The molecule has 25 heavy (non-hydrogen) atoms. The fourth-order valence-electron chi connectivity index (χ4n) is 1.91. The molecule has 1 N–H and O–H groups in total. The van der Waals surface area contributed by atoms with Crippen molar-refractivity contribution in [3.05, 3.63) is 57.6 Å². The van der Waals surface area contributed by atoms with Crippen molar-refractivity contribution in [1.29, 1.82) is 0 Å². The Morgan fingerprint density at radius 1 is 1.16 bits per heavy atom. The predicted molar refractivity (Wildman–Crippen MR) is 103 cm³/mol. The Kier molecular flexibility index (Phi) is 7.52. The molecule has 0 radical (unpaired) electrons. The van der Waals surface area contributed by atoms with Gasteiger partial charge in [-0.3, -0.25) is 0 Å². The number of carbonyl (C=O) groups is 1. The van der Waals surface area contributed by atoms with Gasteiger partial charge >= 0.3 is 5.97 Å². The molecule has 0 aliphatic heterocycles. The monoisotopic (exact) mass is 394 g/mol. The summed E-state index contributed by atoms with van der Waals surface area (Å²) in [6.45, 7) is 1.68. The van der Waals surface area contributed by atoms with Crippen LogP contribution in [0.3, 0.4) is 0 Å². The van der Waals surface area contributed by atoms with Crippen LogP contribution in [0.25, 0.3) is 0 Å². The molecule has 130 valence electrons. The minimum Gasteiger partial charge on any atom is -0.481 e. The standard InChI is InChI=1S/C19H16Cl2O3S/c1-2-9-25-16-6-7-17(21)13(11-16)3-4-14-10-15(20)5-8-18(14)24-12-19(22)23/h5-8,10-11H,2,9,12H2,1H3,(H,22,23). The first-order chi connectivity index (χ1) is 12.0. The van der Waals surface area contributed by atoms with Crippen LogP contribution in [0.4, 0.5) is 0 Å². The van der Waals surface area contributed by atoms with Crippen LogP contribution in [0.1, 0.15) is 24.5 Å². The number of ether oxygens (including phenoxy) is 1. The highest BCUT2D eigenvalue weighted by Crippen LogP contribution is 2.26. The highest BCUT2D eigenvalue weighted by Gasteiger charge is 2.06. The molecule has 0 saturated carbocycles. The summed E-state index contributed by atoms with van der Waals surface area (Å²) in [5, 5.41) is 9.81. The molecule has 2 rings (SSSR count). The molecule has 0 spiro atoms. The summed E-state index contributed by atoms with van der Waals surface area (Å²) in [5.74, 6) is 6.33. The first kappa shape index (κ1) is 19.5. The largest absolute Gasteiger partial charge is 0.481 e. The molecule has 3 nitrogen and oxygen atoms in total. The number of aliphatic carboxylic acids is 1. The van der Waals surface area contributed by atoms with Crippen molar-refractivity contribution in [2.24, 2.45) is 0 Å². The third kappa shape index (κ3) is 6.21. The van der Waals surface area contributed by atoms with E-state index in [9.17, 15) is 4.79 Å². The zero-order valence-electron chi connectivity index (χ0n) is 13.5. The Balaban J connectivity index is 2.31. The van der Waals surface area contributed by atoms with Crippen LogP contribution >= 0.6 is 35.0 Å². The summed E-state index contributed by atoms with van der Waals surface area (Å²) in [6.07, 6.45) is 1.08. The van der Waals surface area contributed by atoms with E-state index in [1.54, 1.807) is 30.0 Å². The Hall–Kier alpha value is -1.80. The second-order valence-corrected chi connectivity index (χ2v) is 7.07. The van der Waals surface area contributed by atoms with Gasteiger partial charge < -0.3 is 9.84 Å². The van der Waals surface area contributed by atoms with Gasteiger partial charge in [-0.25, -0.2) is 4.79 Å². The van der Waals surface area contributed by atoms with Gasteiger partial charge in [-0.2, -0.15) is 0 Å². The van der Waals surface area contributed by atoms with Gasteiger partial charge in [0, 0.05) is 15.5 Å². The van der Waals surface area contributed by atoms with Gasteiger partial charge in [0.05, 0.1) is 10.6 Å². The van der Waals surface area contributed by atoms with Crippen LogP contribution in [0.15, 0.2) is 41.3 Å². The Labute approximate surface area is 161 Å². The number of hydrogen-bond acceptors (Lipinski definition) is 3. The van der Waals surface area contributed by atoms with Crippen LogP contribution in [0.5, 0.6) is 5.75 Å². The van der Waals surface area contributed by atoms with Gasteiger partial charge in [-0.05, 0) is 48.6 Å². The van der Waals surface area contributed by atoms with Crippen LogP contribution < -0.4 is 4.74 Å². The highest BCUT2D eigenvalue weighted by molar-refractivity contribution is 7.99. The van der Waals surface area contributed by atoms with Crippen molar-refractivity contribution in [1.82, 2.24) is 0 Å². The van der Waals surface area contributed by atoms with E-state index >= 15 is 0 Å². The van der Waals surface area contributed by atoms with Gasteiger partial charge in [-0.1, -0.05) is 42.0 Å². The van der Waals surface area contributed by atoms with E-state index in [-0.39, 0.29) is 0 Å². The van der Waals surface area contributed by atoms with Crippen LogP contribution in [0, 0.1) is 11.8 Å². The third-order valence-electron chi connectivity index (χ3n) is 3.04. The normalized spacial score (nSPS) is 10.0. The zero-order chi connectivity index (χ0) is 18.2. The summed E-state index contributed by atoms with van der Waals surface area (Å²) >= 11 is 14.0. The molecule has 0 aliphatic carbocycles. The molecule has 2 aromatic carbocycles. The van der Waals surface area contributed by atoms with Crippen molar-refractivity contribution in [3.8, 4) is 17.6 Å². The lowest BCUT2D eigenvalue weighted by Gasteiger charge is -2.06. The summed E-state index contributed by atoms with van der Waals surface area (Å²) < 4.78 is 5.25. The van der Waals surface area contributed by atoms with Gasteiger partial charge in [0.1, 0.15) is 5.75 Å². The van der Waals surface area contributed by atoms with Crippen molar-refractivity contribution in [3.63, 3.8) is 0 Å². The van der Waals surface area contributed by atoms with Crippen molar-refractivity contribution < 1.29 is 14.6 Å². The van der Waals surface area contributed by atoms with Crippen molar-refractivity contribution in [2.75, 3.05) is 12.4 Å². The fraction of sp³-hybridized carbons (Fsp3) is 0.211. The van der Waals surface area contributed by atoms with Gasteiger partial charge in [0.25, 0.3) is 0 Å². The molecule has 0 aliphatic rings. The second kappa shape index (κ2) is 9.62. The number of thioether (sulfide) groups is 1. The number of carboxylic acid groups (broad SMARTS) is 1. The lowest BCUT2D eigenvalue weighted by molar-refractivity contribution is -0.139. The van der Waals surface area contributed by atoms with Crippen LogP contribution in [0.2, 0.25) is 10.0 Å². The minimum absolute atomic E-state index is 0.368. The first-order valence-electron chi connectivity index (χ1n) is 7.58. The summed E-state index contributed by atoms with van der Waals surface area (Å²) in [4.78, 5) is 11.8. The maximum Gasteiger partial charge on any atom is 0.341 e. The number of benzene rings is 2. The molecule has 0 atom stereocenters. The molecule has 0 unspecified atom stereocenters. The number of rotatable bonds is 6. The van der Waals surface area contributed by atoms with E-state index in [0.717, 1.165) is 17.1 Å². The van der Waals surface area contributed by atoms with Crippen molar-refractivity contribution in [2.45, 2.75) is 18.2 Å². The van der Waals surface area contributed by atoms with E-state index in [0.29, 0.717) is 26.9 Å². The third-order valence-corrected chi connectivity index (χ3v) is 4.80. The summed E-state index contributed by atoms with van der Waals surface area (Å²) in [7, 11) is 0. The van der Waals surface area contributed by atoms with Crippen LogP contribution in [-0.2, 0) is 4.79 Å². The van der Waals surface area contributed by atoms with E-state index in [2.05, 4.69) is 18.8 Å². The van der Waals surface area contributed by atoms with E-state index in [4.69, 9.17) is 33.0 Å². The van der Waals surface area contributed by atoms with Gasteiger partial charge in [0.15, 0.2) is 6.61 Å². The zero-order valence-corrected chi connectivity index (χ0v) is 15.8. The molecule has 0 saturated heterocycles. The Morgan fingerprint density at radius 2 is 1.92 bits per heavy atom. The molecule has 0 aromatic heterocycles. The summed E-state index contributed by atoms with van der Waals surface area (Å²) in [5.41, 5.74) is 1.21. The lowest BCUT2D eigenvalue weighted by Crippen LogP contribution is -2.10. The Morgan fingerprint density at radius 3 is 2.64 bits per heavy atom. The smallest absolute Gasteiger partial charge is 0.341 e. The quantitative estimate of drug-likeness (QED) is 0.529. The molecule has 0 fully saturated rings. The molecule has 0 heterocycles. The van der Waals surface area contributed by atoms with E-state index in [1.807, 2.05) is 18.2 Å². The lowest BCUT2D eigenvalue weighted by atomic mass is 10.1. The van der Waals surface area contributed by atoms with Crippen LogP contribution in [-0.4, -0.2) is 23.4 Å². The number of hydrogen-bond donors (Lipinski definition) is 1. The molecular formula is C19H16Cl2O3S. The number of halogens is 2. The Bertz CT molecular complexity index is 825. The predicted octanol–water partition coefficient (Wildman–Crippen LogP) is 5.36. The van der Waals surface area contributed by atoms with Gasteiger partial charge in [-0.15, -0.1) is 11.8 Å². The average Bonchev–Trinajstić information content (AvgIpc) is 2.59. The number of carboxylic acids is 1. The van der Waals surface area contributed by atoms with E-state index < -0.39 is 12.6 Å². The molecule has 0 amide bonds. The van der Waals surface area contributed by atoms with E-state index in [1.165, 1.54) is 0 Å². The maximum absolute atomic E-state index is 10.7. The molecule has 0 bridgehead atoms. The van der Waals surface area contributed by atoms with Gasteiger partial charge in [0.2, 0.25) is 0 Å². The fourth-order valence-corrected chi connectivity index (χ4v) is 3.05. The van der Waals surface area contributed by atoms with Crippen molar-refractivity contribution >= 4 is 40.9 Å². The minimum atomic E-state index is -1.06. The highest BCUT2D eigenvalue weighted by atomic mass is 35.5.